The van der Waals surface area contributed by atoms with E-state index in [1.807, 2.05) is 43.3 Å². The molecule has 0 aliphatic rings. The molecule has 0 saturated carbocycles. The molecule has 0 unspecified atom stereocenters. The van der Waals surface area contributed by atoms with Crippen LogP contribution in [0.15, 0.2) is 44.7 Å². The molecule has 0 bridgehead atoms. The van der Waals surface area contributed by atoms with E-state index in [2.05, 4.69) is 21.1 Å². The summed E-state index contributed by atoms with van der Waals surface area (Å²) in [7, 11) is 0. The van der Waals surface area contributed by atoms with Crippen LogP contribution in [0.3, 0.4) is 0 Å². The molecule has 0 fully saturated rings. The molecular weight excluding hydrogens is 352 g/mol. The first-order valence-electron chi connectivity index (χ1n) is 6.43. The van der Waals surface area contributed by atoms with Gasteiger partial charge in [-0.05, 0) is 52.7 Å². The minimum Gasteiger partial charge on any atom is -0.494 e. The molecule has 0 saturated heterocycles. The Hall–Kier alpha value is -1.79. The molecule has 3 rings (SSSR count). The van der Waals surface area contributed by atoms with Crippen molar-refractivity contribution in [3.05, 3.63) is 40.2 Å². The fraction of sp³-hybridized carbons (Fsp3) is 0.133. The van der Waals surface area contributed by atoms with Crippen molar-refractivity contribution in [3.63, 3.8) is 0 Å². The Morgan fingerprint density at radius 2 is 2.00 bits per heavy atom. The van der Waals surface area contributed by atoms with Crippen LogP contribution in [0.25, 0.3) is 21.7 Å². The third-order valence-electron chi connectivity index (χ3n) is 2.98. The molecule has 108 valence electrons. The first-order valence-corrected chi connectivity index (χ1v) is 8.04. The lowest BCUT2D eigenvalue weighted by molar-refractivity contribution is 0.340. The van der Waals surface area contributed by atoms with Gasteiger partial charge in [0.1, 0.15) is 11.4 Å². The number of nitrogen functional groups attached to an aromatic ring is 1. The van der Waals surface area contributed by atoms with E-state index in [9.17, 15) is 0 Å². The van der Waals surface area contributed by atoms with Gasteiger partial charge in [0.05, 0.1) is 20.8 Å². The van der Waals surface area contributed by atoms with Crippen molar-refractivity contribution in [3.8, 4) is 27.4 Å². The van der Waals surface area contributed by atoms with E-state index in [4.69, 9.17) is 15.0 Å². The van der Waals surface area contributed by atoms with Crippen LogP contribution in [-0.2, 0) is 0 Å². The summed E-state index contributed by atoms with van der Waals surface area (Å²) in [6.07, 6.45) is 0. The summed E-state index contributed by atoms with van der Waals surface area (Å²) in [5, 5.41) is 4.09. The number of rotatable bonds is 4. The number of nitrogens with two attached hydrogens (primary N) is 1. The maximum atomic E-state index is 5.95. The molecule has 1 aromatic carbocycles. The van der Waals surface area contributed by atoms with Gasteiger partial charge < -0.3 is 15.0 Å². The van der Waals surface area contributed by atoms with Gasteiger partial charge >= 0.3 is 0 Å². The first-order chi connectivity index (χ1) is 10.2. The van der Waals surface area contributed by atoms with Gasteiger partial charge in [-0.15, -0.1) is 11.3 Å². The normalized spacial score (nSPS) is 10.8. The van der Waals surface area contributed by atoms with Gasteiger partial charge in [-0.25, -0.2) is 0 Å². The van der Waals surface area contributed by atoms with Crippen LogP contribution in [0.1, 0.15) is 6.92 Å². The maximum absolute atomic E-state index is 5.95. The number of anilines is 1. The highest BCUT2D eigenvalue weighted by Crippen LogP contribution is 2.40. The van der Waals surface area contributed by atoms with E-state index in [0.29, 0.717) is 12.5 Å². The summed E-state index contributed by atoms with van der Waals surface area (Å²) < 4.78 is 11.7. The SMILES string of the molecule is CCOc1ccc(-c2c(-c3ccc(Br)s3)noc2N)cc1. The molecular formula is C15H13BrN2O2S. The molecule has 21 heavy (non-hydrogen) atoms. The Morgan fingerprint density at radius 1 is 1.24 bits per heavy atom. The highest BCUT2D eigenvalue weighted by atomic mass is 79.9. The van der Waals surface area contributed by atoms with Crippen LogP contribution in [0, 0.1) is 0 Å². The number of aromatic nitrogens is 1. The monoisotopic (exact) mass is 364 g/mol. The summed E-state index contributed by atoms with van der Waals surface area (Å²) in [5.74, 6) is 1.15. The first kappa shape index (κ1) is 14.2. The highest BCUT2D eigenvalue weighted by molar-refractivity contribution is 9.11. The molecule has 3 aromatic rings. The van der Waals surface area contributed by atoms with Crippen molar-refractivity contribution >= 4 is 33.2 Å². The third kappa shape index (κ3) is 2.82. The fourth-order valence-electron chi connectivity index (χ4n) is 2.08. The van der Waals surface area contributed by atoms with E-state index in [-0.39, 0.29) is 0 Å². The largest absolute Gasteiger partial charge is 0.494 e. The van der Waals surface area contributed by atoms with Crippen LogP contribution in [0.2, 0.25) is 0 Å². The summed E-state index contributed by atoms with van der Waals surface area (Å²) in [6.45, 7) is 2.60. The van der Waals surface area contributed by atoms with Crippen molar-refractivity contribution in [1.29, 1.82) is 0 Å². The van der Waals surface area contributed by atoms with Gasteiger partial charge in [0, 0.05) is 0 Å². The standard InChI is InChI=1S/C15H13BrN2O2S/c1-2-19-10-5-3-9(4-6-10)13-14(18-20-15(13)17)11-7-8-12(16)21-11/h3-8H,2,17H2,1H3. The Bertz CT molecular complexity index is 749. The predicted molar refractivity (Wildman–Crippen MR) is 88.5 cm³/mol. The van der Waals surface area contributed by atoms with Crippen LogP contribution < -0.4 is 10.5 Å². The second-order valence-corrected chi connectivity index (χ2v) is 6.79. The summed E-state index contributed by atoms with van der Waals surface area (Å²) in [6, 6.07) is 11.7. The number of thiophene rings is 1. The minimum absolute atomic E-state index is 0.318. The van der Waals surface area contributed by atoms with Crippen LogP contribution in [-0.4, -0.2) is 11.8 Å². The van der Waals surface area contributed by atoms with Crippen LogP contribution in [0.5, 0.6) is 5.75 Å². The summed E-state index contributed by atoms with van der Waals surface area (Å²) in [4.78, 5) is 1.01. The Labute approximate surface area is 134 Å². The lowest BCUT2D eigenvalue weighted by Crippen LogP contribution is -1.91. The minimum atomic E-state index is 0.318. The predicted octanol–water partition coefficient (Wildman–Crippen LogP) is 4.81. The number of nitrogens with zero attached hydrogens (tertiary/aromatic N) is 1. The van der Waals surface area contributed by atoms with Crippen molar-refractivity contribution in [2.45, 2.75) is 6.92 Å². The van der Waals surface area contributed by atoms with Crippen molar-refractivity contribution in [2.24, 2.45) is 0 Å². The van der Waals surface area contributed by atoms with Crippen LogP contribution >= 0.6 is 27.3 Å². The van der Waals surface area contributed by atoms with Gasteiger partial charge in [0.2, 0.25) is 5.88 Å². The zero-order valence-corrected chi connectivity index (χ0v) is 13.7. The maximum Gasteiger partial charge on any atom is 0.230 e. The topological polar surface area (TPSA) is 61.3 Å². The smallest absolute Gasteiger partial charge is 0.230 e. The van der Waals surface area contributed by atoms with Crippen molar-refractivity contribution in [2.75, 3.05) is 12.3 Å². The molecule has 0 atom stereocenters. The third-order valence-corrected chi connectivity index (χ3v) is 4.61. The summed E-state index contributed by atoms with van der Waals surface area (Å²) in [5.41, 5.74) is 8.47. The van der Waals surface area contributed by atoms with E-state index in [1.54, 1.807) is 11.3 Å². The lowest BCUT2D eigenvalue weighted by atomic mass is 10.0. The lowest BCUT2D eigenvalue weighted by Gasteiger charge is -2.05. The Balaban J connectivity index is 2.04. The van der Waals surface area contributed by atoms with Gasteiger partial charge in [0.15, 0.2) is 0 Å². The molecule has 4 nitrogen and oxygen atoms in total. The quantitative estimate of drug-likeness (QED) is 0.721. The molecule has 0 aliphatic heterocycles. The molecule has 2 N–H and O–H groups in total. The van der Waals surface area contributed by atoms with Crippen molar-refractivity contribution < 1.29 is 9.26 Å². The number of halogens is 1. The number of hydrogen-bond acceptors (Lipinski definition) is 5. The fourth-order valence-corrected chi connectivity index (χ4v) is 3.45. The highest BCUT2D eigenvalue weighted by Gasteiger charge is 2.18. The number of benzene rings is 1. The van der Waals surface area contributed by atoms with E-state index < -0.39 is 0 Å². The number of hydrogen-bond donors (Lipinski definition) is 1. The number of ether oxygens (including phenoxy) is 1. The zero-order chi connectivity index (χ0) is 14.8. The van der Waals surface area contributed by atoms with E-state index in [0.717, 1.165) is 31.2 Å². The van der Waals surface area contributed by atoms with Crippen molar-refractivity contribution in [1.82, 2.24) is 5.16 Å². The second kappa shape index (κ2) is 5.91. The molecule has 0 aliphatic carbocycles. The van der Waals surface area contributed by atoms with Gasteiger partial charge in [-0.1, -0.05) is 17.3 Å². The van der Waals surface area contributed by atoms with Gasteiger partial charge in [-0.2, -0.15) is 0 Å². The van der Waals surface area contributed by atoms with Gasteiger partial charge in [-0.3, -0.25) is 0 Å². The van der Waals surface area contributed by atoms with Crippen LogP contribution in [0.4, 0.5) is 5.88 Å². The average Bonchev–Trinajstić information content (AvgIpc) is 3.06. The molecule has 0 spiro atoms. The van der Waals surface area contributed by atoms with E-state index in [1.165, 1.54) is 0 Å². The zero-order valence-electron chi connectivity index (χ0n) is 11.3. The molecule has 6 heteroatoms. The molecule has 0 radical (unpaired) electrons. The second-order valence-electron chi connectivity index (χ2n) is 4.33. The summed E-state index contributed by atoms with van der Waals surface area (Å²) >= 11 is 5.04. The molecule has 2 heterocycles. The molecule has 2 aromatic heterocycles. The average molecular weight is 365 g/mol. The molecule has 0 amide bonds. The Morgan fingerprint density at radius 3 is 2.62 bits per heavy atom. The van der Waals surface area contributed by atoms with Gasteiger partial charge in [0.25, 0.3) is 0 Å². The Kier molecular flexibility index (Phi) is 3.98. The van der Waals surface area contributed by atoms with E-state index >= 15 is 0 Å².